The SMILES string of the molecule is COc1ccc(NCCNC(=O)[C@H](CCCC2CCCCC2)NC(=O)c2cccc(C)c2)cc1.Cc1cccc(C(=O)N[C@@H](CCCC2CCCCC2)C(=O)O)c1.N[C@@H](C/C=C/c1ccccc1)C(=O)O.N[C@@H](CCCC1CCCCC1)C(=O)O. The molecule has 4 aromatic rings. The van der Waals surface area contributed by atoms with Gasteiger partial charge in [-0.05, 0) is 111 Å². The number of nitrogens with two attached hydrogens (primary N) is 2. The van der Waals surface area contributed by atoms with E-state index in [0.29, 0.717) is 49.9 Å². The highest BCUT2D eigenvalue weighted by atomic mass is 16.5. The van der Waals surface area contributed by atoms with E-state index in [1.54, 1.807) is 31.4 Å². The number of aryl methyl sites for hydroxylation is 2. The Labute approximate surface area is 506 Å². The fourth-order valence-corrected chi connectivity index (χ4v) is 11.2. The summed E-state index contributed by atoms with van der Waals surface area (Å²) >= 11 is 0. The van der Waals surface area contributed by atoms with Crippen LogP contribution in [-0.2, 0) is 19.2 Å². The number of carboxylic acids is 3. The molecule has 4 aromatic carbocycles. The van der Waals surface area contributed by atoms with Crippen LogP contribution in [-0.4, -0.2) is 95.3 Å². The summed E-state index contributed by atoms with van der Waals surface area (Å²) in [5.74, 6) is -0.267. The fraction of sp³-hybridized carbons (Fsp3) is 0.536. The highest BCUT2D eigenvalue weighted by Gasteiger charge is 2.24. The molecule has 16 heteroatoms. The predicted molar refractivity (Wildman–Crippen MR) is 340 cm³/mol. The van der Waals surface area contributed by atoms with E-state index in [2.05, 4.69) is 21.3 Å². The van der Waals surface area contributed by atoms with Crippen molar-refractivity contribution in [3.05, 3.63) is 137 Å². The number of carbonyl (C=O) groups excluding carboxylic acids is 3. The largest absolute Gasteiger partial charge is 0.497 e. The van der Waals surface area contributed by atoms with Gasteiger partial charge in [-0.2, -0.15) is 0 Å². The molecule has 0 aliphatic heterocycles. The average Bonchev–Trinajstić information content (AvgIpc) is 3.64. The summed E-state index contributed by atoms with van der Waals surface area (Å²) in [7, 11) is 1.64. The van der Waals surface area contributed by atoms with Gasteiger partial charge < -0.3 is 52.8 Å². The molecule has 0 bridgehead atoms. The molecule has 0 unspecified atom stereocenters. The number of ether oxygens (including phenoxy) is 1. The molecule has 3 amide bonds. The molecule has 16 nitrogen and oxygen atoms in total. The van der Waals surface area contributed by atoms with Crippen molar-refractivity contribution in [1.29, 1.82) is 0 Å². The van der Waals surface area contributed by atoms with E-state index < -0.39 is 42.1 Å². The number of amides is 3. The minimum Gasteiger partial charge on any atom is -0.497 e. The van der Waals surface area contributed by atoms with Gasteiger partial charge in [0, 0.05) is 29.9 Å². The Morgan fingerprint density at radius 2 is 1.00 bits per heavy atom. The lowest BCUT2D eigenvalue weighted by Gasteiger charge is -2.23. The Bertz CT molecular complexity index is 2600. The third-order valence-electron chi connectivity index (χ3n) is 16.3. The van der Waals surface area contributed by atoms with E-state index in [0.717, 1.165) is 78.0 Å². The minimum absolute atomic E-state index is 0.124. The van der Waals surface area contributed by atoms with Gasteiger partial charge in [-0.25, -0.2) is 4.79 Å². The van der Waals surface area contributed by atoms with Crippen molar-refractivity contribution in [1.82, 2.24) is 16.0 Å². The van der Waals surface area contributed by atoms with E-state index in [4.69, 9.17) is 26.4 Å². The van der Waals surface area contributed by atoms with Crippen LogP contribution in [0.1, 0.15) is 198 Å². The first-order valence-corrected chi connectivity index (χ1v) is 31.3. The lowest BCUT2D eigenvalue weighted by atomic mass is 9.85. The molecule has 0 spiro atoms. The van der Waals surface area contributed by atoms with Gasteiger partial charge in [0.15, 0.2) is 0 Å². The van der Waals surface area contributed by atoms with E-state index in [9.17, 15) is 33.9 Å². The van der Waals surface area contributed by atoms with Crippen molar-refractivity contribution in [2.45, 2.75) is 199 Å². The second-order valence-corrected chi connectivity index (χ2v) is 23.3. The number of hydrogen-bond acceptors (Lipinski definition) is 10. The van der Waals surface area contributed by atoms with Crippen LogP contribution in [0.25, 0.3) is 6.08 Å². The highest BCUT2D eigenvalue weighted by Crippen LogP contribution is 2.30. The molecule has 11 N–H and O–H groups in total. The van der Waals surface area contributed by atoms with Gasteiger partial charge in [0.25, 0.3) is 11.8 Å². The molecule has 3 aliphatic rings. The Kier molecular flexibility index (Phi) is 34.1. The second-order valence-electron chi connectivity index (χ2n) is 23.3. The molecule has 0 saturated heterocycles. The monoisotopic (exact) mass is 1170 g/mol. The number of aliphatic carboxylic acids is 3. The molecular weight excluding hydrogens is 1070 g/mol. The molecule has 7 rings (SSSR count). The smallest absolute Gasteiger partial charge is 0.326 e. The summed E-state index contributed by atoms with van der Waals surface area (Å²) in [6.45, 7) is 4.94. The van der Waals surface area contributed by atoms with Gasteiger partial charge >= 0.3 is 17.9 Å². The van der Waals surface area contributed by atoms with Gasteiger partial charge in [-0.1, -0.05) is 213 Å². The third kappa shape index (κ3) is 30.1. The zero-order valence-corrected chi connectivity index (χ0v) is 51.0. The molecule has 3 saturated carbocycles. The quantitative estimate of drug-likeness (QED) is 0.0240. The molecule has 3 fully saturated rings. The maximum Gasteiger partial charge on any atom is 0.326 e. The number of nitrogens with one attached hydrogen (secondary N) is 4. The average molecular weight is 1170 g/mol. The van der Waals surface area contributed by atoms with Crippen LogP contribution in [0, 0.1) is 31.6 Å². The summed E-state index contributed by atoms with van der Waals surface area (Å²) in [6, 6.07) is 29.2. The number of rotatable bonds is 28. The normalized spacial score (nSPS) is 16.0. The van der Waals surface area contributed by atoms with Crippen LogP contribution in [0.15, 0.2) is 109 Å². The number of benzene rings is 4. The number of carboxylic acid groups (broad SMARTS) is 3. The molecule has 0 heterocycles. The Hall–Kier alpha value is -7.04. The maximum absolute atomic E-state index is 13.0. The van der Waals surface area contributed by atoms with Crippen LogP contribution >= 0.6 is 0 Å². The predicted octanol–water partition coefficient (Wildman–Crippen LogP) is 12.7. The van der Waals surface area contributed by atoms with Crippen LogP contribution in [0.4, 0.5) is 5.69 Å². The zero-order chi connectivity index (χ0) is 61.6. The Morgan fingerprint density at radius 1 is 0.541 bits per heavy atom. The summed E-state index contributed by atoms with van der Waals surface area (Å²) in [5, 5.41) is 38.4. The van der Waals surface area contributed by atoms with Gasteiger partial charge in [0.05, 0.1) is 7.11 Å². The van der Waals surface area contributed by atoms with Gasteiger partial charge in [-0.3, -0.25) is 24.0 Å². The summed E-state index contributed by atoms with van der Waals surface area (Å²) in [6.07, 6.45) is 31.7. The number of hydrogen-bond donors (Lipinski definition) is 9. The van der Waals surface area contributed by atoms with Crippen molar-refractivity contribution in [3.63, 3.8) is 0 Å². The van der Waals surface area contributed by atoms with Crippen molar-refractivity contribution < 1.29 is 48.8 Å². The van der Waals surface area contributed by atoms with Gasteiger partial charge in [0.1, 0.15) is 29.9 Å². The molecule has 3 aliphatic carbocycles. The van der Waals surface area contributed by atoms with E-state index in [-0.39, 0.29) is 17.7 Å². The van der Waals surface area contributed by atoms with Crippen LogP contribution in [0.3, 0.4) is 0 Å². The summed E-state index contributed by atoms with van der Waals surface area (Å²) in [4.78, 5) is 70.3. The first-order valence-electron chi connectivity index (χ1n) is 31.3. The van der Waals surface area contributed by atoms with Crippen molar-refractivity contribution in [2.75, 3.05) is 25.5 Å². The van der Waals surface area contributed by atoms with E-state index in [1.165, 1.54) is 103 Å². The Balaban J connectivity index is 0.000000262. The van der Waals surface area contributed by atoms with Gasteiger partial charge in [-0.15, -0.1) is 0 Å². The third-order valence-corrected chi connectivity index (χ3v) is 16.3. The van der Waals surface area contributed by atoms with E-state index >= 15 is 0 Å². The topological polar surface area (TPSA) is 272 Å². The first kappa shape index (κ1) is 70.4. The van der Waals surface area contributed by atoms with Crippen LogP contribution in [0.5, 0.6) is 5.75 Å². The van der Waals surface area contributed by atoms with Crippen molar-refractivity contribution >= 4 is 47.4 Å². The molecular formula is C69H100N6O10. The zero-order valence-electron chi connectivity index (χ0n) is 51.0. The highest BCUT2D eigenvalue weighted by molar-refractivity contribution is 5.98. The standard InChI is InChI=1S/C28H39N3O3.C19H27NO3.C11H21NO2.C11H13NO2/c1-21-8-6-12-23(20-21)27(32)31-26(13-7-11-22-9-4-3-5-10-22)28(33)30-19-18-29-24-14-16-25(34-2)17-15-24;1-14-7-5-11-16(13-14)18(21)20-17(19(22)23)12-6-10-15-8-3-2-4-9-15;2*12-10(11(13)14)8-4-7-9-5-2-1-3-6-9/h6,8,12,14-17,20,22,26,29H,3-5,7,9-11,13,18-19H2,1-2H3,(H,30,33)(H,31,32);5,7,11,13,15,17H,2-4,6,8-10,12H2,1H3,(H,20,21)(H,22,23);9-10H,1-8,12H2,(H,13,14);1-7,10H,8,12H2,(H,13,14)/b;;;7-4+/t26-;17-;2*10-/m0000/s1. The Morgan fingerprint density at radius 3 is 1.45 bits per heavy atom. The number of anilines is 1. The number of carbonyl (C=O) groups is 6. The molecule has 85 heavy (non-hydrogen) atoms. The molecule has 4 atom stereocenters. The lowest BCUT2D eigenvalue weighted by Crippen LogP contribution is -2.47. The molecule has 466 valence electrons. The maximum atomic E-state index is 13.0. The van der Waals surface area contributed by atoms with E-state index in [1.807, 2.05) is 105 Å². The fourth-order valence-electron chi connectivity index (χ4n) is 11.2. The molecule has 0 aromatic heterocycles. The lowest BCUT2D eigenvalue weighted by molar-refractivity contribution is -0.140. The minimum atomic E-state index is -0.970. The first-order chi connectivity index (χ1) is 41.0. The summed E-state index contributed by atoms with van der Waals surface area (Å²) < 4.78 is 5.17. The van der Waals surface area contributed by atoms with Crippen LogP contribution in [0.2, 0.25) is 0 Å². The summed E-state index contributed by atoms with van der Waals surface area (Å²) in [5.41, 5.74) is 15.9. The van der Waals surface area contributed by atoms with Gasteiger partial charge in [0.2, 0.25) is 5.91 Å². The van der Waals surface area contributed by atoms with Crippen molar-refractivity contribution in [2.24, 2.45) is 29.2 Å². The number of methoxy groups -OCH3 is 1. The second kappa shape index (κ2) is 41.1. The van der Waals surface area contributed by atoms with Crippen LogP contribution < -0.4 is 37.5 Å². The molecule has 0 radical (unpaired) electrons. The van der Waals surface area contributed by atoms with Crippen molar-refractivity contribution in [3.8, 4) is 5.75 Å².